The van der Waals surface area contributed by atoms with Crippen molar-refractivity contribution in [3.8, 4) is 0 Å². The summed E-state index contributed by atoms with van der Waals surface area (Å²) in [6.45, 7) is 5.22. The Bertz CT molecular complexity index is 291. The Kier molecular flexibility index (Phi) is 3.90. The number of aromatic amines is 1. The van der Waals surface area contributed by atoms with Crippen LogP contribution in [0.3, 0.4) is 0 Å². The van der Waals surface area contributed by atoms with Crippen molar-refractivity contribution in [1.82, 2.24) is 20.5 Å². The van der Waals surface area contributed by atoms with Gasteiger partial charge in [0, 0.05) is 19.0 Å². The van der Waals surface area contributed by atoms with Gasteiger partial charge in [0.05, 0.1) is 12.2 Å². The van der Waals surface area contributed by atoms with Gasteiger partial charge in [0.25, 0.3) is 0 Å². The third-order valence-corrected chi connectivity index (χ3v) is 2.96. The van der Waals surface area contributed by atoms with Gasteiger partial charge in [0.1, 0.15) is 12.2 Å². The molecule has 2 rings (SSSR count). The van der Waals surface area contributed by atoms with Crippen LogP contribution >= 0.6 is 0 Å². The van der Waals surface area contributed by atoms with E-state index >= 15 is 0 Å². The third-order valence-electron chi connectivity index (χ3n) is 2.96. The highest BCUT2D eigenvalue weighted by atomic mass is 16.5. The molecule has 0 aromatic carbocycles. The van der Waals surface area contributed by atoms with Crippen molar-refractivity contribution in [3.05, 3.63) is 12.2 Å². The summed E-state index contributed by atoms with van der Waals surface area (Å²) >= 11 is 0. The summed E-state index contributed by atoms with van der Waals surface area (Å²) in [5, 5.41) is 10.2. The lowest BCUT2D eigenvalue weighted by Gasteiger charge is -2.32. The maximum atomic E-state index is 5.70. The molecule has 2 N–H and O–H groups in total. The molecule has 0 saturated carbocycles. The molecule has 0 spiro atoms. The van der Waals surface area contributed by atoms with Crippen molar-refractivity contribution >= 4 is 0 Å². The second kappa shape index (κ2) is 5.41. The number of rotatable bonds is 4. The fourth-order valence-corrected chi connectivity index (χ4v) is 2.32. The lowest BCUT2D eigenvalue weighted by Crippen LogP contribution is -2.42. The molecule has 2 unspecified atom stereocenters. The SMILES string of the molecule is CC1CC(NCCc2ncn[nH]2)CC(C)O1. The van der Waals surface area contributed by atoms with Crippen LogP contribution in [0.1, 0.15) is 32.5 Å². The number of hydrogen-bond donors (Lipinski definition) is 2. The first-order valence-corrected chi connectivity index (χ1v) is 5.97. The van der Waals surface area contributed by atoms with Crippen LogP contribution in [0, 0.1) is 0 Å². The summed E-state index contributed by atoms with van der Waals surface area (Å²) in [7, 11) is 0. The van der Waals surface area contributed by atoms with Crippen LogP contribution < -0.4 is 5.32 Å². The molecule has 1 aromatic heterocycles. The topological polar surface area (TPSA) is 62.8 Å². The van der Waals surface area contributed by atoms with Crippen molar-refractivity contribution in [2.75, 3.05) is 6.54 Å². The molecule has 2 atom stereocenters. The number of H-pyrrole nitrogens is 1. The minimum atomic E-state index is 0.367. The number of aromatic nitrogens is 3. The van der Waals surface area contributed by atoms with Crippen molar-refractivity contribution in [2.24, 2.45) is 0 Å². The first kappa shape index (κ1) is 11.5. The smallest absolute Gasteiger partial charge is 0.137 e. The van der Waals surface area contributed by atoms with Gasteiger partial charge in [-0.25, -0.2) is 4.98 Å². The van der Waals surface area contributed by atoms with Crippen LogP contribution in [0.4, 0.5) is 0 Å². The Labute approximate surface area is 96.0 Å². The molecule has 1 saturated heterocycles. The number of hydrogen-bond acceptors (Lipinski definition) is 4. The molecule has 1 aromatic rings. The van der Waals surface area contributed by atoms with Crippen LogP contribution in [0.25, 0.3) is 0 Å². The molecule has 0 radical (unpaired) electrons. The van der Waals surface area contributed by atoms with E-state index in [1.165, 1.54) is 0 Å². The Hall–Kier alpha value is -0.940. The number of ether oxygens (including phenoxy) is 1. The summed E-state index contributed by atoms with van der Waals surface area (Å²) in [5.74, 6) is 0.945. The average Bonchev–Trinajstić information content (AvgIpc) is 2.69. The molecule has 1 fully saturated rings. The second-order valence-electron chi connectivity index (χ2n) is 4.56. The highest BCUT2D eigenvalue weighted by molar-refractivity contribution is 4.83. The van der Waals surface area contributed by atoms with E-state index in [0.29, 0.717) is 18.2 Å². The molecule has 5 nitrogen and oxygen atoms in total. The van der Waals surface area contributed by atoms with E-state index < -0.39 is 0 Å². The monoisotopic (exact) mass is 224 g/mol. The molecule has 16 heavy (non-hydrogen) atoms. The summed E-state index contributed by atoms with van der Waals surface area (Å²) in [4.78, 5) is 4.10. The lowest BCUT2D eigenvalue weighted by molar-refractivity contribution is -0.0419. The molecule has 90 valence electrons. The van der Waals surface area contributed by atoms with Crippen LogP contribution in [-0.2, 0) is 11.2 Å². The zero-order valence-corrected chi connectivity index (χ0v) is 9.94. The van der Waals surface area contributed by atoms with Gasteiger partial charge in [-0.1, -0.05) is 0 Å². The van der Waals surface area contributed by atoms with Gasteiger partial charge in [0.15, 0.2) is 0 Å². The van der Waals surface area contributed by atoms with Crippen LogP contribution in [0.5, 0.6) is 0 Å². The maximum Gasteiger partial charge on any atom is 0.137 e. The van der Waals surface area contributed by atoms with E-state index in [-0.39, 0.29) is 0 Å². The lowest BCUT2D eigenvalue weighted by atomic mass is 10.00. The first-order valence-electron chi connectivity index (χ1n) is 5.97. The largest absolute Gasteiger partial charge is 0.375 e. The molecule has 1 aliphatic heterocycles. The highest BCUT2D eigenvalue weighted by Crippen LogP contribution is 2.18. The normalized spacial score (nSPS) is 30.5. The van der Waals surface area contributed by atoms with Gasteiger partial charge in [-0.2, -0.15) is 5.10 Å². The zero-order chi connectivity index (χ0) is 11.4. The Balaban J connectivity index is 1.69. The van der Waals surface area contributed by atoms with Crippen molar-refractivity contribution < 1.29 is 4.74 Å². The summed E-state index contributed by atoms with van der Waals surface area (Å²) in [6.07, 6.45) is 5.38. The van der Waals surface area contributed by atoms with E-state index in [1.807, 2.05) is 0 Å². The van der Waals surface area contributed by atoms with E-state index in [1.54, 1.807) is 6.33 Å². The predicted octanol–water partition coefficient (Wildman–Crippen LogP) is 0.893. The van der Waals surface area contributed by atoms with Gasteiger partial charge < -0.3 is 10.1 Å². The molecule has 0 aliphatic carbocycles. The molecule has 5 heteroatoms. The van der Waals surface area contributed by atoms with E-state index in [9.17, 15) is 0 Å². The zero-order valence-electron chi connectivity index (χ0n) is 9.94. The van der Waals surface area contributed by atoms with Gasteiger partial charge in [-0.15, -0.1) is 0 Å². The molecular weight excluding hydrogens is 204 g/mol. The first-order chi connectivity index (χ1) is 7.74. The minimum Gasteiger partial charge on any atom is -0.375 e. The standard InChI is InChI=1S/C11H20N4O/c1-8-5-10(6-9(2)16-8)12-4-3-11-13-7-14-15-11/h7-10,12H,3-6H2,1-2H3,(H,13,14,15). The summed E-state index contributed by atoms with van der Waals surface area (Å²) < 4.78 is 5.70. The molecule has 2 heterocycles. The maximum absolute atomic E-state index is 5.70. The van der Waals surface area contributed by atoms with Gasteiger partial charge >= 0.3 is 0 Å². The fourth-order valence-electron chi connectivity index (χ4n) is 2.32. The van der Waals surface area contributed by atoms with E-state index in [4.69, 9.17) is 4.74 Å². The molecule has 0 bridgehead atoms. The Morgan fingerprint density at radius 3 is 2.81 bits per heavy atom. The minimum absolute atomic E-state index is 0.367. The third kappa shape index (κ3) is 3.28. The molecular formula is C11H20N4O. The van der Waals surface area contributed by atoms with Crippen molar-refractivity contribution in [1.29, 1.82) is 0 Å². The van der Waals surface area contributed by atoms with E-state index in [2.05, 4.69) is 34.3 Å². The number of nitrogens with zero attached hydrogens (tertiary/aromatic N) is 2. The van der Waals surface area contributed by atoms with E-state index in [0.717, 1.165) is 31.6 Å². The summed E-state index contributed by atoms with van der Waals surface area (Å²) in [6, 6.07) is 0.571. The fraction of sp³-hybridized carbons (Fsp3) is 0.818. The molecule has 1 aliphatic rings. The van der Waals surface area contributed by atoms with Gasteiger partial charge in [-0.05, 0) is 26.7 Å². The van der Waals surface area contributed by atoms with Gasteiger partial charge in [-0.3, -0.25) is 5.10 Å². The second-order valence-corrected chi connectivity index (χ2v) is 4.56. The quantitative estimate of drug-likeness (QED) is 0.797. The van der Waals surface area contributed by atoms with Crippen LogP contribution in [0.2, 0.25) is 0 Å². The Morgan fingerprint density at radius 1 is 1.44 bits per heavy atom. The summed E-state index contributed by atoms with van der Waals surface area (Å²) in [5.41, 5.74) is 0. The van der Waals surface area contributed by atoms with Crippen LogP contribution in [0.15, 0.2) is 6.33 Å². The Morgan fingerprint density at radius 2 is 2.19 bits per heavy atom. The highest BCUT2D eigenvalue weighted by Gasteiger charge is 2.23. The van der Waals surface area contributed by atoms with Gasteiger partial charge in [0.2, 0.25) is 0 Å². The predicted molar refractivity (Wildman–Crippen MR) is 61.1 cm³/mol. The number of nitrogens with one attached hydrogen (secondary N) is 2. The van der Waals surface area contributed by atoms with Crippen molar-refractivity contribution in [2.45, 2.75) is 51.4 Å². The van der Waals surface area contributed by atoms with Crippen LogP contribution in [-0.4, -0.2) is 40.0 Å². The average molecular weight is 224 g/mol. The van der Waals surface area contributed by atoms with Crippen molar-refractivity contribution in [3.63, 3.8) is 0 Å². The molecule has 0 amide bonds.